The average molecular weight is 656 g/mol. The summed E-state index contributed by atoms with van der Waals surface area (Å²) in [4.78, 5) is 30.2. The van der Waals surface area contributed by atoms with Gasteiger partial charge in [0.05, 0.1) is 11.5 Å². The monoisotopic (exact) mass is 655 g/mol. The van der Waals surface area contributed by atoms with Gasteiger partial charge in [-0.3, -0.25) is 9.59 Å². The Labute approximate surface area is 279 Å². The molecule has 2 aliphatic rings. The predicted octanol–water partition coefficient (Wildman–Crippen LogP) is 8.05. The molecule has 48 heavy (non-hydrogen) atoms. The topological polar surface area (TPSA) is 61.9 Å². The van der Waals surface area contributed by atoms with Gasteiger partial charge in [-0.1, -0.05) is 85.3 Å². The van der Waals surface area contributed by atoms with Crippen molar-refractivity contribution in [3.8, 4) is 22.6 Å². The molecule has 6 nitrogen and oxygen atoms in total. The maximum absolute atomic E-state index is 13.7. The molecule has 1 N–H and O–H groups in total. The van der Waals surface area contributed by atoms with Gasteiger partial charge in [-0.15, -0.1) is 0 Å². The molecule has 1 saturated heterocycles. The normalized spacial score (nSPS) is 15.1. The summed E-state index contributed by atoms with van der Waals surface area (Å²) in [7, 11) is 0. The second kappa shape index (κ2) is 15.1. The van der Waals surface area contributed by atoms with Crippen molar-refractivity contribution in [2.24, 2.45) is 0 Å². The number of fused-ring (bicyclic) bond motifs is 3. The Morgan fingerprint density at radius 3 is 2.04 bits per heavy atom. The quantitative estimate of drug-likeness (QED) is 0.157. The van der Waals surface area contributed by atoms with Crippen LogP contribution >= 0.6 is 0 Å². The van der Waals surface area contributed by atoms with E-state index in [0.29, 0.717) is 29.9 Å². The fourth-order valence-corrected chi connectivity index (χ4v) is 6.83. The molecule has 0 radical (unpaired) electrons. The molecule has 0 bridgehead atoms. The molecule has 6 rings (SSSR count). The Morgan fingerprint density at radius 1 is 0.771 bits per heavy atom. The van der Waals surface area contributed by atoms with Crippen LogP contribution in [0.25, 0.3) is 11.1 Å². The number of ether oxygens (including phenoxy) is 1. The van der Waals surface area contributed by atoms with E-state index in [9.17, 15) is 22.8 Å². The highest BCUT2D eigenvalue weighted by atomic mass is 19.4. The molecule has 1 aliphatic heterocycles. The number of hydrogen-bond donors (Lipinski definition) is 1. The molecule has 0 atom stereocenters. The van der Waals surface area contributed by atoms with Crippen molar-refractivity contribution < 1.29 is 27.5 Å². The summed E-state index contributed by atoms with van der Waals surface area (Å²) in [5, 5.41) is 3.16. The van der Waals surface area contributed by atoms with Crippen LogP contribution in [0.2, 0.25) is 0 Å². The standard InChI is InChI=1S/C39H40F3N3O3/c40-39(41,42)27-45(38(47)36-32-17-7-5-15-30(32)31-16-6-8-18-33(31)36)24-12-2-11-23-44-25-21-28(22-26-44)43-37(46)34-19-9-10-20-35(34)48-29-13-3-1-4-14-29/h1,3-10,13-20,28,36H,2,11-12,21-27H2,(H,43,46). The van der Waals surface area contributed by atoms with E-state index in [1.54, 1.807) is 12.1 Å². The Hall–Kier alpha value is -4.63. The summed E-state index contributed by atoms with van der Waals surface area (Å²) in [5.41, 5.74) is 3.83. The zero-order valence-electron chi connectivity index (χ0n) is 26.8. The molecule has 250 valence electrons. The number of rotatable bonds is 12. The molecule has 2 amide bonds. The lowest BCUT2D eigenvalue weighted by molar-refractivity contribution is -0.161. The summed E-state index contributed by atoms with van der Waals surface area (Å²) >= 11 is 0. The Balaban J connectivity index is 0.964. The molecule has 4 aromatic carbocycles. The zero-order chi connectivity index (χ0) is 33.5. The first-order chi connectivity index (χ1) is 23.3. The summed E-state index contributed by atoms with van der Waals surface area (Å²) in [6.07, 6.45) is -0.825. The maximum atomic E-state index is 13.7. The highest BCUT2D eigenvalue weighted by Crippen LogP contribution is 2.45. The molecule has 1 aliphatic carbocycles. The second-order valence-electron chi connectivity index (χ2n) is 12.5. The first-order valence-corrected chi connectivity index (χ1v) is 16.7. The summed E-state index contributed by atoms with van der Waals surface area (Å²) < 4.78 is 46.9. The van der Waals surface area contributed by atoms with Crippen molar-refractivity contribution in [2.75, 3.05) is 32.7 Å². The third-order valence-electron chi connectivity index (χ3n) is 9.19. The van der Waals surface area contributed by atoms with Crippen molar-refractivity contribution in [2.45, 2.75) is 50.2 Å². The highest BCUT2D eigenvalue weighted by Gasteiger charge is 2.40. The summed E-state index contributed by atoms with van der Waals surface area (Å²) in [5.74, 6) is -0.222. The Kier molecular flexibility index (Phi) is 10.4. The minimum absolute atomic E-state index is 0.0475. The van der Waals surface area contributed by atoms with Gasteiger partial charge in [0.15, 0.2) is 0 Å². The average Bonchev–Trinajstić information content (AvgIpc) is 3.42. The minimum atomic E-state index is -4.48. The fraction of sp³-hybridized carbons (Fsp3) is 0.333. The molecular weight excluding hydrogens is 615 g/mol. The van der Waals surface area contributed by atoms with Gasteiger partial charge in [-0.05, 0) is 78.7 Å². The third kappa shape index (κ3) is 8.08. The number of carbonyl (C=O) groups is 2. The maximum Gasteiger partial charge on any atom is 0.406 e. The molecule has 1 heterocycles. The molecule has 4 aromatic rings. The smallest absolute Gasteiger partial charge is 0.406 e. The zero-order valence-corrected chi connectivity index (χ0v) is 26.8. The molecule has 0 saturated carbocycles. The van der Waals surface area contributed by atoms with E-state index < -0.39 is 24.5 Å². The van der Waals surface area contributed by atoms with Crippen LogP contribution in [0, 0.1) is 0 Å². The van der Waals surface area contributed by atoms with Crippen molar-refractivity contribution in [1.82, 2.24) is 15.1 Å². The first-order valence-electron chi connectivity index (χ1n) is 16.7. The van der Waals surface area contributed by atoms with Crippen molar-refractivity contribution in [3.63, 3.8) is 0 Å². The number of nitrogens with zero attached hydrogens (tertiary/aromatic N) is 2. The number of likely N-dealkylation sites (tertiary alicyclic amines) is 1. The number of para-hydroxylation sites is 2. The van der Waals surface area contributed by atoms with Gasteiger partial charge in [-0.2, -0.15) is 13.2 Å². The first kappa shape index (κ1) is 33.3. The number of benzene rings is 4. The number of alkyl halides is 3. The fourth-order valence-electron chi connectivity index (χ4n) is 6.83. The van der Waals surface area contributed by atoms with E-state index in [1.165, 1.54) is 0 Å². The molecule has 0 spiro atoms. The van der Waals surface area contributed by atoms with Crippen LogP contribution in [0.1, 0.15) is 59.5 Å². The van der Waals surface area contributed by atoms with E-state index >= 15 is 0 Å². The Morgan fingerprint density at radius 2 is 1.38 bits per heavy atom. The van der Waals surface area contributed by atoms with Gasteiger partial charge in [0, 0.05) is 25.7 Å². The summed E-state index contributed by atoms with van der Waals surface area (Å²) in [6.45, 7) is 1.28. The van der Waals surface area contributed by atoms with Crippen molar-refractivity contribution in [1.29, 1.82) is 0 Å². The lowest BCUT2D eigenvalue weighted by atomic mass is 9.95. The largest absolute Gasteiger partial charge is 0.457 e. The third-order valence-corrected chi connectivity index (χ3v) is 9.19. The van der Waals surface area contributed by atoms with Crippen molar-refractivity contribution >= 4 is 11.8 Å². The molecule has 1 fully saturated rings. The van der Waals surface area contributed by atoms with Crippen LogP contribution < -0.4 is 10.1 Å². The van der Waals surface area contributed by atoms with Gasteiger partial charge < -0.3 is 19.9 Å². The van der Waals surface area contributed by atoms with Gasteiger partial charge in [0.1, 0.15) is 18.0 Å². The van der Waals surface area contributed by atoms with Gasteiger partial charge >= 0.3 is 6.18 Å². The van der Waals surface area contributed by atoms with Crippen LogP contribution in [0.4, 0.5) is 13.2 Å². The van der Waals surface area contributed by atoms with Crippen LogP contribution in [-0.2, 0) is 4.79 Å². The lowest BCUT2D eigenvalue weighted by Crippen LogP contribution is -2.45. The molecule has 0 aromatic heterocycles. The highest BCUT2D eigenvalue weighted by molar-refractivity contribution is 5.97. The number of unbranched alkanes of at least 4 members (excludes halogenated alkanes) is 2. The molecule has 9 heteroatoms. The van der Waals surface area contributed by atoms with E-state index in [0.717, 1.165) is 66.1 Å². The van der Waals surface area contributed by atoms with Crippen LogP contribution in [0.5, 0.6) is 11.5 Å². The summed E-state index contributed by atoms with van der Waals surface area (Å²) in [6, 6.07) is 31.6. The SMILES string of the molecule is O=C(NC1CCN(CCCCCN(CC(F)(F)F)C(=O)C2c3ccccc3-c3ccccc32)CC1)c1ccccc1Oc1ccccc1. The second-order valence-corrected chi connectivity index (χ2v) is 12.5. The number of nitrogens with one attached hydrogen (secondary N) is 1. The number of amides is 2. The molecular formula is C39H40F3N3O3. The molecule has 0 unspecified atom stereocenters. The van der Waals surface area contributed by atoms with E-state index in [-0.39, 0.29) is 18.5 Å². The van der Waals surface area contributed by atoms with Gasteiger partial charge in [0.2, 0.25) is 5.91 Å². The van der Waals surface area contributed by atoms with E-state index in [4.69, 9.17) is 4.74 Å². The van der Waals surface area contributed by atoms with Gasteiger partial charge in [0.25, 0.3) is 5.91 Å². The van der Waals surface area contributed by atoms with Crippen LogP contribution in [0.15, 0.2) is 103 Å². The number of piperidine rings is 1. The van der Waals surface area contributed by atoms with Gasteiger partial charge in [-0.25, -0.2) is 0 Å². The lowest BCUT2D eigenvalue weighted by Gasteiger charge is -2.32. The van der Waals surface area contributed by atoms with Crippen LogP contribution in [0.3, 0.4) is 0 Å². The Bertz CT molecular complexity index is 1660. The van der Waals surface area contributed by atoms with Crippen LogP contribution in [-0.4, -0.2) is 66.6 Å². The number of halogens is 3. The van der Waals surface area contributed by atoms with E-state index in [2.05, 4.69) is 10.2 Å². The number of hydrogen-bond acceptors (Lipinski definition) is 4. The van der Waals surface area contributed by atoms with E-state index in [1.807, 2.05) is 91.0 Å². The van der Waals surface area contributed by atoms with Crippen molar-refractivity contribution in [3.05, 3.63) is 120 Å². The predicted molar refractivity (Wildman–Crippen MR) is 180 cm³/mol. The minimum Gasteiger partial charge on any atom is -0.457 e. The number of carbonyl (C=O) groups excluding carboxylic acids is 2.